The molecule has 9 nitrogen and oxygen atoms in total. The van der Waals surface area contributed by atoms with Gasteiger partial charge in [0.2, 0.25) is 17.8 Å². The number of benzene rings is 1. The summed E-state index contributed by atoms with van der Waals surface area (Å²) in [5.74, 6) is -0.0271. The Morgan fingerprint density at radius 2 is 2.07 bits per heavy atom. The number of rotatable bonds is 7. The van der Waals surface area contributed by atoms with Crippen LogP contribution >= 0.6 is 11.8 Å². The fourth-order valence-electron chi connectivity index (χ4n) is 2.68. The maximum absolute atomic E-state index is 11.9. The highest BCUT2D eigenvalue weighted by atomic mass is 32.2. The lowest BCUT2D eigenvalue weighted by atomic mass is 10.2. The maximum Gasteiger partial charge on any atom is 0.236 e. The highest BCUT2D eigenvalue weighted by Crippen LogP contribution is 2.27. The van der Waals surface area contributed by atoms with Crippen LogP contribution in [0.1, 0.15) is 5.56 Å². The Kier molecular flexibility index (Phi) is 6.30. The third-order valence-corrected chi connectivity index (χ3v) is 4.89. The fourth-order valence-corrected chi connectivity index (χ4v) is 3.46. The number of aromatic nitrogens is 3. The minimum Gasteiger partial charge on any atom is -0.378 e. The second kappa shape index (κ2) is 8.87. The van der Waals surface area contributed by atoms with Crippen molar-refractivity contribution >= 4 is 29.5 Å². The highest BCUT2D eigenvalue weighted by Gasteiger charge is 2.22. The molecule has 1 aliphatic heterocycles. The number of hydrogen-bond acceptors (Lipinski definition) is 7. The Bertz CT molecular complexity index is 819. The van der Waals surface area contributed by atoms with Crippen LogP contribution in [-0.2, 0) is 14.3 Å². The van der Waals surface area contributed by atoms with Crippen LogP contribution in [-0.4, -0.2) is 65.2 Å². The average Bonchev–Trinajstić information content (AvgIpc) is 3.09. The molecule has 0 aliphatic carbocycles. The molecular weight excluding hydrogens is 368 g/mol. The van der Waals surface area contributed by atoms with Crippen molar-refractivity contribution in [2.45, 2.75) is 12.1 Å². The van der Waals surface area contributed by atoms with Crippen LogP contribution in [0.25, 0.3) is 5.69 Å². The smallest absolute Gasteiger partial charge is 0.236 e. The van der Waals surface area contributed by atoms with Gasteiger partial charge in [-0.2, -0.15) is 0 Å². The van der Waals surface area contributed by atoms with E-state index in [0.29, 0.717) is 18.4 Å². The fraction of sp³-hybridized carbons (Fsp3) is 0.412. The Labute approximate surface area is 161 Å². The van der Waals surface area contributed by atoms with Gasteiger partial charge in [-0.15, -0.1) is 10.2 Å². The third-order valence-electron chi connectivity index (χ3n) is 3.96. The molecule has 1 fully saturated rings. The number of carbonyl (C=O) groups excluding carboxylic acids is 2. The summed E-state index contributed by atoms with van der Waals surface area (Å²) in [4.78, 5) is 24.8. The van der Waals surface area contributed by atoms with Gasteiger partial charge in [0, 0.05) is 13.1 Å². The monoisotopic (exact) mass is 390 g/mol. The van der Waals surface area contributed by atoms with E-state index in [0.717, 1.165) is 30.3 Å². The first-order chi connectivity index (χ1) is 13.0. The number of thioether (sulfide) groups is 1. The summed E-state index contributed by atoms with van der Waals surface area (Å²) in [5, 5.41) is 11.7. The summed E-state index contributed by atoms with van der Waals surface area (Å²) in [5.41, 5.74) is 7.09. The molecule has 2 amide bonds. The molecule has 1 aromatic carbocycles. The first kappa shape index (κ1) is 19.2. The van der Waals surface area contributed by atoms with Gasteiger partial charge in [-0.05, 0) is 24.6 Å². The summed E-state index contributed by atoms with van der Waals surface area (Å²) in [6, 6.07) is 8.02. The zero-order valence-electron chi connectivity index (χ0n) is 15.1. The normalized spacial score (nSPS) is 14.2. The van der Waals surface area contributed by atoms with Crippen molar-refractivity contribution in [1.82, 2.24) is 20.1 Å². The van der Waals surface area contributed by atoms with E-state index in [1.54, 1.807) is 0 Å². The van der Waals surface area contributed by atoms with Gasteiger partial charge in [0.05, 0.1) is 31.2 Å². The van der Waals surface area contributed by atoms with E-state index in [9.17, 15) is 9.59 Å². The molecule has 2 aromatic rings. The Morgan fingerprint density at radius 3 is 2.78 bits per heavy atom. The number of hydrogen-bond donors (Lipinski definition) is 2. The van der Waals surface area contributed by atoms with E-state index in [1.807, 2.05) is 35.8 Å². The van der Waals surface area contributed by atoms with Crippen LogP contribution in [0.2, 0.25) is 0 Å². The first-order valence-corrected chi connectivity index (χ1v) is 9.56. The van der Waals surface area contributed by atoms with Crippen molar-refractivity contribution in [3.05, 3.63) is 29.8 Å². The van der Waals surface area contributed by atoms with Gasteiger partial charge in [0.25, 0.3) is 0 Å². The van der Waals surface area contributed by atoms with Crippen molar-refractivity contribution in [3.8, 4) is 5.69 Å². The van der Waals surface area contributed by atoms with Gasteiger partial charge in [-0.3, -0.25) is 14.2 Å². The largest absolute Gasteiger partial charge is 0.378 e. The lowest BCUT2D eigenvalue weighted by Gasteiger charge is -2.28. The van der Waals surface area contributed by atoms with Crippen molar-refractivity contribution < 1.29 is 14.3 Å². The highest BCUT2D eigenvalue weighted by molar-refractivity contribution is 7.99. The van der Waals surface area contributed by atoms with Crippen LogP contribution in [0, 0.1) is 6.92 Å². The zero-order chi connectivity index (χ0) is 19.2. The van der Waals surface area contributed by atoms with Gasteiger partial charge in [-0.25, -0.2) is 0 Å². The van der Waals surface area contributed by atoms with Crippen LogP contribution in [0.4, 0.5) is 5.95 Å². The van der Waals surface area contributed by atoms with Gasteiger partial charge < -0.3 is 20.7 Å². The minimum absolute atomic E-state index is 0.111. The van der Waals surface area contributed by atoms with Crippen LogP contribution < -0.4 is 16.0 Å². The lowest BCUT2D eigenvalue weighted by molar-refractivity contribution is -0.123. The summed E-state index contributed by atoms with van der Waals surface area (Å²) in [6.07, 6.45) is 0. The van der Waals surface area contributed by atoms with E-state index in [-0.39, 0.29) is 18.2 Å². The maximum atomic E-state index is 11.9. The zero-order valence-corrected chi connectivity index (χ0v) is 15.9. The number of nitrogens with two attached hydrogens (primary N) is 1. The molecule has 10 heteroatoms. The number of amides is 2. The summed E-state index contributed by atoms with van der Waals surface area (Å²) in [7, 11) is 0. The molecule has 1 aliphatic rings. The number of anilines is 1. The molecule has 3 rings (SSSR count). The number of nitrogens with one attached hydrogen (secondary N) is 1. The molecule has 0 radical (unpaired) electrons. The van der Waals surface area contributed by atoms with Crippen LogP contribution in [0.3, 0.4) is 0 Å². The second-order valence-corrected chi connectivity index (χ2v) is 7.03. The topological polar surface area (TPSA) is 115 Å². The molecule has 0 bridgehead atoms. The lowest BCUT2D eigenvalue weighted by Crippen LogP contribution is -2.38. The van der Waals surface area contributed by atoms with E-state index in [2.05, 4.69) is 20.4 Å². The quantitative estimate of drug-likeness (QED) is 0.645. The van der Waals surface area contributed by atoms with Crippen LogP contribution in [0.5, 0.6) is 0 Å². The minimum atomic E-state index is -0.578. The number of nitrogens with zero attached hydrogens (tertiary/aromatic N) is 4. The van der Waals surface area contributed by atoms with Gasteiger partial charge in [0.1, 0.15) is 0 Å². The SMILES string of the molecule is Cc1cccc(-n2c(SCC(=O)NCC(N)=O)nnc2N2CCOCC2)c1. The second-order valence-electron chi connectivity index (χ2n) is 6.09. The predicted octanol–water partition coefficient (Wildman–Crippen LogP) is 0.106. The number of ether oxygens (including phenoxy) is 1. The van der Waals surface area contributed by atoms with Crippen LogP contribution in [0.15, 0.2) is 29.4 Å². The molecule has 0 atom stereocenters. The van der Waals surface area contributed by atoms with Crippen molar-refractivity contribution in [1.29, 1.82) is 0 Å². The van der Waals surface area contributed by atoms with E-state index in [4.69, 9.17) is 10.5 Å². The Hall–Kier alpha value is -2.59. The van der Waals surface area contributed by atoms with Gasteiger partial charge >= 0.3 is 0 Å². The van der Waals surface area contributed by atoms with E-state index < -0.39 is 5.91 Å². The molecular formula is C17H22N6O3S. The Morgan fingerprint density at radius 1 is 1.30 bits per heavy atom. The number of primary amides is 1. The van der Waals surface area contributed by atoms with Crippen molar-refractivity contribution in [2.24, 2.45) is 5.73 Å². The Balaban J connectivity index is 1.83. The standard InChI is InChI=1S/C17H22N6O3S/c1-12-3-2-4-13(9-12)23-16(22-5-7-26-8-6-22)20-21-17(23)27-11-15(25)19-10-14(18)24/h2-4,9H,5-8,10-11H2,1H3,(H2,18,24)(H,19,25). The number of aryl methyl sites for hydroxylation is 1. The number of carbonyl (C=O) groups is 2. The molecule has 2 heterocycles. The molecule has 1 saturated heterocycles. The van der Waals surface area contributed by atoms with E-state index in [1.165, 1.54) is 11.8 Å². The van der Waals surface area contributed by atoms with Gasteiger partial charge in [0.15, 0.2) is 5.16 Å². The summed E-state index contributed by atoms with van der Waals surface area (Å²) < 4.78 is 7.37. The molecule has 1 aromatic heterocycles. The average molecular weight is 390 g/mol. The third kappa shape index (κ3) is 4.98. The van der Waals surface area contributed by atoms with Crippen molar-refractivity contribution in [3.63, 3.8) is 0 Å². The molecule has 0 spiro atoms. The predicted molar refractivity (Wildman–Crippen MR) is 102 cm³/mol. The van der Waals surface area contributed by atoms with E-state index >= 15 is 0 Å². The molecule has 27 heavy (non-hydrogen) atoms. The molecule has 0 unspecified atom stereocenters. The molecule has 3 N–H and O–H groups in total. The first-order valence-electron chi connectivity index (χ1n) is 8.57. The van der Waals surface area contributed by atoms with Crippen molar-refractivity contribution in [2.75, 3.05) is 43.5 Å². The summed E-state index contributed by atoms with van der Waals surface area (Å²) >= 11 is 1.26. The number of morpholine rings is 1. The summed E-state index contributed by atoms with van der Waals surface area (Å²) in [6.45, 7) is 4.58. The molecule has 0 saturated carbocycles. The molecule has 144 valence electrons. The van der Waals surface area contributed by atoms with Gasteiger partial charge in [-0.1, -0.05) is 23.9 Å².